The summed E-state index contributed by atoms with van der Waals surface area (Å²) in [6.07, 6.45) is -1.25. The number of nitrogens with two attached hydrogens (primary N) is 3. The van der Waals surface area contributed by atoms with Crippen LogP contribution >= 0.6 is 0 Å². The highest BCUT2D eigenvalue weighted by atomic mass is 16.4. The van der Waals surface area contributed by atoms with E-state index in [9.17, 15) is 38.7 Å². The van der Waals surface area contributed by atoms with Crippen LogP contribution in [0.1, 0.15) is 58.8 Å². The Kier molecular flexibility index (Phi) is 20.6. The first kappa shape index (κ1) is 42.0. The van der Waals surface area contributed by atoms with E-state index in [0.717, 1.165) is 0 Å². The minimum absolute atomic E-state index is 0.0726. The number of aliphatic carboxylic acids is 1. The van der Waals surface area contributed by atoms with Gasteiger partial charge in [0.05, 0.1) is 12.6 Å². The van der Waals surface area contributed by atoms with Gasteiger partial charge in [0.15, 0.2) is 6.04 Å². The van der Waals surface area contributed by atoms with Gasteiger partial charge in [-0.3, -0.25) is 38.9 Å². The molecular formula is C26H53N11O9+2. The molecule has 6 atom stereocenters. The van der Waals surface area contributed by atoms with Crippen molar-refractivity contribution in [1.29, 1.82) is 0 Å². The number of aliphatic hydroxyl groups excluding tert-OH is 1. The number of carboxylic acids is 1. The summed E-state index contributed by atoms with van der Waals surface area (Å²) >= 11 is 0. The number of rotatable bonds is 24. The van der Waals surface area contributed by atoms with Crippen molar-refractivity contribution in [2.45, 2.75) is 101 Å². The standard InChI is InChI=1S/C26H51N11O9/c1-13(28)21(42)34-16(7-5-11-32-26(30)31)24(45)37-20(14(2)38)25(46)36-15(6-3-4-10-27)23(44)35-17(8-9-18(29)39)22(43)33-12-19(40)41/h13-17,20,26,32,38H,3-12,27-28,30-31H2,1-2H3,(H2,29,39)(H,33,43)(H,34,42)(H,35,44)(H,36,46)(H,37,45)(H,40,41)/p+2/t13-,14+,15-,16-,17-,20-/m0/s1. The van der Waals surface area contributed by atoms with Gasteiger partial charge in [-0.15, -0.1) is 0 Å². The van der Waals surface area contributed by atoms with Crippen molar-refractivity contribution in [3.8, 4) is 0 Å². The summed E-state index contributed by atoms with van der Waals surface area (Å²) in [5.41, 5.74) is 23.5. The number of carbonyl (C=O) groups excluding carboxylic acids is 6. The molecule has 0 heterocycles. The molecule has 0 radical (unpaired) electrons. The Balaban J connectivity index is 5.92. The number of hydrogen-bond acceptors (Lipinski definition) is 11. The molecule has 0 rings (SSSR count). The molecule has 0 aromatic carbocycles. The predicted molar refractivity (Wildman–Crippen MR) is 162 cm³/mol. The molecule has 20 heteroatoms. The highest BCUT2D eigenvalue weighted by Gasteiger charge is 2.33. The van der Waals surface area contributed by atoms with Crippen LogP contribution in [0, 0.1) is 0 Å². The van der Waals surface area contributed by atoms with Gasteiger partial charge >= 0.3 is 5.97 Å². The summed E-state index contributed by atoms with van der Waals surface area (Å²) in [5, 5.41) is 34.0. The number of aliphatic hydroxyl groups is 1. The minimum Gasteiger partial charge on any atom is -0.480 e. The molecule has 46 heavy (non-hydrogen) atoms. The molecular weight excluding hydrogens is 610 g/mol. The van der Waals surface area contributed by atoms with Crippen LogP contribution in [0.2, 0.25) is 0 Å². The average molecular weight is 664 g/mol. The zero-order valence-corrected chi connectivity index (χ0v) is 26.5. The van der Waals surface area contributed by atoms with E-state index < -0.39 is 90.6 Å². The topological polar surface area (TPSA) is 365 Å². The van der Waals surface area contributed by atoms with Gasteiger partial charge in [0, 0.05) is 6.42 Å². The Morgan fingerprint density at radius 1 is 0.739 bits per heavy atom. The fourth-order valence-corrected chi connectivity index (χ4v) is 3.99. The largest absolute Gasteiger partial charge is 0.480 e. The summed E-state index contributed by atoms with van der Waals surface area (Å²) in [6.45, 7) is 2.87. The Morgan fingerprint density at radius 2 is 1.26 bits per heavy atom. The Morgan fingerprint density at radius 3 is 1.76 bits per heavy atom. The average Bonchev–Trinajstić information content (AvgIpc) is 2.96. The number of primary amides is 1. The van der Waals surface area contributed by atoms with Crippen LogP contribution in [-0.4, -0.2) is 114 Å². The van der Waals surface area contributed by atoms with Gasteiger partial charge in [-0.2, -0.15) is 0 Å². The van der Waals surface area contributed by atoms with Gasteiger partial charge in [0.25, 0.3) is 5.91 Å². The number of carbonyl (C=O) groups is 7. The summed E-state index contributed by atoms with van der Waals surface area (Å²) in [7, 11) is 0. The Labute approximate surface area is 267 Å². The van der Waals surface area contributed by atoms with Gasteiger partial charge in [-0.25, -0.2) is 0 Å². The Bertz CT molecular complexity index is 1030. The van der Waals surface area contributed by atoms with Crippen LogP contribution < -0.4 is 60.6 Å². The number of quaternary nitrogens is 2. The van der Waals surface area contributed by atoms with Crippen molar-refractivity contribution in [2.24, 2.45) is 17.2 Å². The maximum absolute atomic E-state index is 13.3. The van der Waals surface area contributed by atoms with Crippen LogP contribution in [0.3, 0.4) is 0 Å². The zero-order valence-electron chi connectivity index (χ0n) is 26.5. The number of hydrogen-bond donors (Lipinski definition) is 13. The molecule has 0 spiro atoms. The smallest absolute Gasteiger partial charge is 0.322 e. The second kappa shape index (κ2) is 22.5. The van der Waals surface area contributed by atoms with Crippen LogP contribution in [0.5, 0.6) is 0 Å². The van der Waals surface area contributed by atoms with Gasteiger partial charge < -0.3 is 65.5 Å². The lowest BCUT2D eigenvalue weighted by molar-refractivity contribution is -0.398. The summed E-state index contributed by atoms with van der Waals surface area (Å²) in [5.74, 6) is -6.07. The van der Waals surface area contributed by atoms with Crippen molar-refractivity contribution in [3.63, 3.8) is 0 Å². The molecule has 6 amide bonds. The molecule has 264 valence electrons. The van der Waals surface area contributed by atoms with Crippen molar-refractivity contribution in [2.75, 3.05) is 19.6 Å². The summed E-state index contributed by atoms with van der Waals surface area (Å²) in [6, 6.07) is -6.01. The summed E-state index contributed by atoms with van der Waals surface area (Å²) < 4.78 is 0. The van der Waals surface area contributed by atoms with Crippen molar-refractivity contribution in [3.05, 3.63) is 0 Å². The first-order valence-corrected chi connectivity index (χ1v) is 15.0. The van der Waals surface area contributed by atoms with E-state index in [1.54, 1.807) is 0 Å². The SMILES string of the molecule is C[C@H]([NH3+])C(=O)N[C@@H](CCCNC(N)N)C(=O)N[C@H](C(=O)N[C@@H](CCCC[NH3+])C(=O)N[C@@H](CCC(N)=O)C(=O)NCC(=O)O)[C@@H](C)O. The first-order chi connectivity index (χ1) is 21.5. The van der Waals surface area contributed by atoms with E-state index >= 15 is 0 Å². The first-order valence-electron chi connectivity index (χ1n) is 15.0. The highest BCUT2D eigenvalue weighted by Crippen LogP contribution is 2.07. The predicted octanol–water partition coefficient (Wildman–Crippen LogP) is -7.61. The lowest BCUT2D eigenvalue weighted by atomic mass is 10.0. The van der Waals surface area contributed by atoms with E-state index in [-0.39, 0.29) is 25.7 Å². The third-order valence-corrected chi connectivity index (χ3v) is 6.54. The molecule has 0 aliphatic heterocycles. The quantitative estimate of drug-likeness (QED) is 0.0338. The third kappa shape index (κ3) is 18.1. The van der Waals surface area contributed by atoms with Crippen LogP contribution in [-0.2, 0) is 33.6 Å². The maximum atomic E-state index is 13.3. The molecule has 0 fully saturated rings. The molecule has 0 saturated heterocycles. The monoisotopic (exact) mass is 663 g/mol. The van der Waals surface area contributed by atoms with Crippen molar-refractivity contribution in [1.82, 2.24) is 31.9 Å². The van der Waals surface area contributed by atoms with E-state index in [4.69, 9.17) is 22.3 Å². The van der Waals surface area contributed by atoms with Crippen LogP contribution in [0.15, 0.2) is 0 Å². The fourth-order valence-electron chi connectivity index (χ4n) is 3.99. The molecule has 0 aliphatic carbocycles. The molecule has 0 bridgehead atoms. The molecule has 20 nitrogen and oxygen atoms in total. The molecule has 0 aliphatic rings. The fraction of sp³-hybridized carbons (Fsp3) is 0.731. The summed E-state index contributed by atoms with van der Waals surface area (Å²) in [4.78, 5) is 87.0. The molecule has 0 unspecified atom stereocenters. The lowest BCUT2D eigenvalue weighted by Crippen LogP contribution is -2.68. The van der Waals surface area contributed by atoms with Crippen molar-refractivity contribution < 1.29 is 55.2 Å². The lowest BCUT2D eigenvalue weighted by Gasteiger charge is -2.27. The van der Waals surface area contributed by atoms with E-state index in [1.807, 2.05) is 0 Å². The number of amides is 6. The number of carboxylic acid groups (broad SMARTS) is 1. The molecule has 20 N–H and O–H groups in total. The van der Waals surface area contributed by atoms with Crippen LogP contribution in [0.25, 0.3) is 0 Å². The molecule has 0 aromatic rings. The van der Waals surface area contributed by atoms with Crippen molar-refractivity contribution >= 4 is 41.4 Å². The van der Waals surface area contributed by atoms with Crippen LogP contribution in [0.4, 0.5) is 0 Å². The molecule has 0 aromatic heterocycles. The minimum atomic E-state index is -1.56. The normalized spacial score (nSPS) is 15.0. The Hall–Kier alpha value is -3.95. The number of unbranched alkanes of at least 4 members (excludes halogenated alkanes) is 1. The van der Waals surface area contributed by atoms with E-state index in [0.29, 0.717) is 32.4 Å². The third-order valence-electron chi connectivity index (χ3n) is 6.54. The second-order valence-corrected chi connectivity index (χ2v) is 10.9. The van der Waals surface area contributed by atoms with Gasteiger partial charge in [0.1, 0.15) is 37.0 Å². The van der Waals surface area contributed by atoms with Gasteiger partial charge in [-0.1, -0.05) is 0 Å². The maximum Gasteiger partial charge on any atom is 0.322 e. The highest BCUT2D eigenvalue weighted by molar-refractivity contribution is 5.96. The van der Waals surface area contributed by atoms with Gasteiger partial charge in [0.2, 0.25) is 29.5 Å². The van der Waals surface area contributed by atoms with E-state index in [2.05, 4.69) is 43.4 Å². The van der Waals surface area contributed by atoms with E-state index in [1.165, 1.54) is 13.8 Å². The zero-order chi connectivity index (χ0) is 35.4. The van der Waals surface area contributed by atoms with Gasteiger partial charge in [-0.05, 0) is 58.9 Å². The molecule has 0 saturated carbocycles. The number of nitrogens with one attached hydrogen (secondary N) is 6. The second-order valence-electron chi connectivity index (χ2n) is 10.9.